The van der Waals surface area contributed by atoms with Crippen molar-refractivity contribution >= 4 is 6.09 Å². The monoisotopic (exact) mass is 252 g/mol. The Bertz CT molecular complexity index is 284. The van der Waals surface area contributed by atoms with Crippen LogP contribution in [0.25, 0.3) is 0 Å². The summed E-state index contributed by atoms with van der Waals surface area (Å²) in [4.78, 5) is 11.1. The van der Waals surface area contributed by atoms with E-state index < -0.39 is 18.8 Å². The van der Waals surface area contributed by atoms with Gasteiger partial charge in [-0.3, -0.25) is 0 Å². The van der Waals surface area contributed by atoms with Gasteiger partial charge in [-0.25, -0.2) is 4.79 Å². The largest absolute Gasteiger partial charge is 0.446 e. The van der Waals surface area contributed by atoms with Crippen molar-refractivity contribution in [2.75, 3.05) is 6.54 Å². The number of alkyl carbamates (subject to hydrolysis) is 1. The minimum Gasteiger partial charge on any atom is -0.446 e. The highest BCUT2D eigenvalue weighted by Gasteiger charge is 2.35. The summed E-state index contributed by atoms with van der Waals surface area (Å²) in [5.41, 5.74) is 0. The number of ether oxygens (including phenoxy) is 1. The second kappa shape index (κ2) is 4.72. The van der Waals surface area contributed by atoms with E-state index in [0.29, 0.717) is 24.9 Å². The zero-order chi connectivity index (χ0) is 12.5. The van der Waals surface area contributed by atoms with Crippen molar-refractivity contribution in [2.45, 2.75) is 50.0 Å². The Morgan fingerprint density at radius 3 is 2.41 bits per heavy atom. The molecule has 4 nitrogen and oxygen atoms in total. The first kappa shape index (κ1) is 12.5. The molecule has 0 aromatic carbocycles. The molecule has 0 aromatic heterocycles. The number of fused-ring (bicyclic) bond motifs is 2. The Balaban J connectivity index is 1.72. The van der Waals surface area contributed by atoms with Gasteiger partial charge >= 0.3 is 12.3 Å². The summed E-state index contributed by atoms with van der Waals surface area (Å²) in [7, 11) is 0. The van der Waals surface area contributed by atoms with Crippen LogP contribution in [0.3, 0.4) is 0 Å². The zero-order valence-corrected chi connectivity index (χ0v) is 9.22. The van der Waals surface area contributed by atoms with E-state index in [2.05, 4.69) is 5.32 Å². The lowest BCUT2D eigenvalue weighted by Gasteiger charge is -2.28. The molecule has 0 spiro atoms. The van der Waals surface area contributed by atoms with E-state index in [0.717, 1.165) is 12.8 Å². The highest BCUT2D eigenvalue weighted by Crippen LogP contribution is 2.28. The van der Waals surface area contributed by atoms with Crippen LogP contribution in [0.1, 0.15) is 25.7 Å². The van der Waals surface area contributed by atoms with Crippen LogP contribution in [0.5, 0.6) is 0 Å². The lowest BCUT2D eigenvalue weighted by atomic mass is 10.0. The summed E-state index contributed by atoms with van der Waals surface area (Å²) in [6.07, 6.45) is -2.16. The molecule has 2 saturated heterocycles. The van der Waals surface area contributed by atoms with Crippen LogP contribution in [0, 0.1) is 0 Å². The van der Waals surface area contributed by atoms with Gasteiger partial charge < -0.3 is 15.4 Å². The predicted octanol–water partition coefficient (Wildman–Crippen LogP) is 1.56. The van der Waals surface area contributed by atoms with E-state index in [-0.39, 0.29) is 6.10 Å². The third kappa shape index (κ3) is 3.76. The molecular formula is C10H15F3N2O2. The maximum atomic E-state index is 11.8. The summed E-state index contributed by atoms with van der Waals surface area (Å²) >= 11 is 0. The van der Waals surface area contributed by atoms with Gasteiger partial charge in [0.25, 0.3) is 0 Å². The van der Waals surface area contributed by atoms with Crippen LogP contribution < -0.4 is 10.6 Å². The molecule has 2 N–H and O–H groups in total. The maximum Gasteiger partial charge on any atom is 0.407 e. The molecule has 7 heteroatoms. The van der Waals surface area contributed by atoms with Gasteiger partial charge in [0.05, 0.1) is 0 Å². The lowest BCUT2D eigenvalue weighted by molar-refractivity contribution is -0.124. The average molecular weight is 252 g/mol. The number of nitrogens with one attached hydrogen (secondary N) is 2. The van der Waals surface area contributed by atoms with Gasteiger partial charge in [-0.2, -0.15) is 13.2 Å². The Labute approximate surface area is 96.9 Å². The Morgan fingerprint density at radius 2 is 1.88 bits per heavy atom. The van der Waals surface area contributed by atoms with Gasteiger partial charge in [0, 0.05) is 12.1 Å². The SMILES string of the molecule is O=C(NCC(F)(F)F)OC1CC2CCC(C1)N2. The predicted molar refractivity (Wildman–Crippen MR) is 53.5 cm³/mol. The fraction of sp³-hybridized carbons (Fsp3) is 0.900. The maximum absolute atomic E-state index is 11.8. The molecule has 2 atom stereocenters. The molecule has 2 heterocycles. The van der Waals surface area contributed by atoms with Crippen LogP contribution in [0.15, 0.2) is 0 Å². The molecule has 2 bridgehead atoms. The molecule has 0 aromatic rings. The molecule has 2 fully saturated rings. The molecule has 2 aliphatic heterocycles. The number of rotatable bonds is 2. The van der Waals surface area contributed by atoms with Gasteiger partial charge in [0.1, 0.15) is 12.6 Å². The third-order valence-corrected chi connectivity index (χ3v) is 3.14. The standard InChI is InChI=1S/C10H15F3N2O2/c11-10(12,13)5-14-9(16)17-8-3-6-1-2-7(4-8)15-6/h6-8,15H,1-5H2,(H,14,16). The molecule has 17 heavy (non-hydrogen) atoms. The van der Waals surface area contributed by atoms with Gasteiger partial charge in [0.15, 0.2) is 0 Å². The molecular weight excluding hydrogens is 237 g/mol. The number of carbonyl (C=O) groups is 1. The molecule has 2 aliphatic rings. The van der Waals surface area contributed by atoms with Crippen LogP contribution in [0.2, 0.25) is 0 Å². The molecule has 0 aliphatic carbocycles. The van der Waals surface area contributed by atoms with E-state index in [1.54, 1.807) is 5.32 Å². The van der Waals surface area contributed by atoms with Crippen molar-refractivity contribution in [2.24, 2.45) is 0 Å². The number of halogens is 3. The first-order chi connectivity index (χ1) is 7.92. The Morgan fingerprint density at radius 1 is 1.29 bits per heavy atom. The first-order valence-electron chi connectivity index (χ1n) is 5.69. The number of amides is 1. The summed E-state index contributed by atoms with van der Waals surface area (Å²) in [6, 6.07) is 0.684. The van der Waals surface area contributed by atoms with Gasteiger partial charge in [-0.1, -0.05) is 0 Å². The normalized spacial score (nSPS) is 32.3. The quantitative estimate of drug-likeness (QED) is 0.784. The van der Waals surface area contributed by atoms with E-state index in [9.17, 15) is 18.0 Å². The first-order valence-corrected chi connectivity index (χ1v) is 5.69. The molecule has 2 rings (SSSR count). The summed E-state index contributed by atoms with van der Waals surface area (Å²) < 4.78 is 40.5. The summed E-state index contributed by atoms with van der Waals surface area (Å²) in [5, 5.41) is 5.07. The number of alkyl halides is 3. The van der Waals surface area contributed by atoms with Crippen LogP contribution in [-0.4, -0.2) is 37.0 Å². The Kier molecular flexibility index (Phi) is 3.46. The topological polar surface area (TPSA) is 50.4 Å². The molecule has 2 unspecified atom stereocenters. The molecule has 98 valence electrons. The number of piperidine rings is 1. The smallest absolute Gasteiger partial charge is 0.407 e. The lowest BCUT2D eigenvalue weighted by Crippen LogP contribution is -2.44. The number of hydrogen-bond donors (Lipinski definition) is 2. The van der Waals surface area contributed by atoms with Crippen LogP contribution >= 0.6 is 0 Å². The van der Waals surface area contributed by atoms with Crippen molar-refractivity contribution in [3.05, 3.63) is 0 Å². The van der Waals surface area contributed by atoms with E-state index in [1.165, 1.54) is 0 Å². The van der Waals surface area contributed by atoms with Crippen LogP contribution in [0.4, 0.5) is 18.0 Å². The van der Waals surface area contributed by atoms with Crippen molar-refractivity contribution in [1.29, 1.82) is 0 Å². The van der Waals surface area contributed by atoms with E-state index in [1.807, 2.05) is 0 Å². The average Bonchev–Trinajstić information content (AvgIpc) is 2.54. The second-order valence-electron chi connectivity index (χ2n) is 4.61. The fourth-order valence-corrected chi connectivity index (χ4v) is 2.47. The molecule has 0 radical (unpaired) electrons. The molecule has 0 saturated carbocycles. The summed E-state index contributed by atoms with van der Waals surface area (Å²) in [6.45, 7) is -1.34. The van der Waals surface area contributed by atoms with Crippen molar-refractivity contribution in [3.8, 4) is 0 Å². The van der Waals surface area contributed by atoms with Crippen LogP contribution in [-0.2, 0) is 4.74 Å². The van der Waals surface area contributed by atoms with Crippen molar-refractivity contribution < 1.29 is 22.7 Å². The van der Waals surface area contributed by atoms with Gasteiger partial charge in [-0.05, 0) is 25.7 Å². The summed E-state index contributed by atoms with van der Waals surface area (Å²) in [5.74, 6) is 0. The number of carbonyl (C=O) groups excluding carboxylic acids is 1. The third-order valence-electron chi connectivity index (χ3n) is 3.14. The van der Waals surface area contributed by atoms with Gasteiger partial charge in [-0.15, -0.1) is 0 Å². The highest BCUT2D eigenvalue weighted by molar-refractivity contribution is 5.67. The van der Waals surface area contributed by atoms with E-state index in [4.69, 9.17) is 4.74 Å². The number of hydrogen-bond acceptors (Lipinski definition) is 3. The van der Waals surface area contributed by atoms with Gasteiger partial charge in [0.2, 0.25) is 0 Å². The second-order valence-corrected chi connectivity index (χ2v) is 4.61. The van der Waals surface area contributed by atoms with Crippen molar-refractivity contribution in [1.82, 2.24) is 10.6 Å². The van der Waals surface area contributed by atoms with Crippen molar-refractivity contribution in [3.63, 3.8) is 0 Å². The zero-order valence-electron chi connectivity index (χ0n) is 9.22. The minimum atomic E-state index is -4.40. The molecule has 1 amide bonds. The minimum absolute atomic E-state index is 0.262. The highest BCUT2D eigenvalue weighted by atomic mass is 19.4. The van der Waals surface area contributed by atoms with E-state index >= 15 is 0 Å². The Hall–Kier alpha value is -0.980. The fourth-order valence-electron chi connectivity index (χ4n) is 2.47.